The summed E-state index contributed by atoms with van der Waals surface area (Å²) in [5.74, 6) is 1.53. The second kappa shape index (κ2) is 4.41. The molecular formula is C22H20O4. The molecule has 0 aromatic carbocycles. The Hall–Kier alpha value is -2.10. The van der Waals surface area contributed by atoms with Crippen molar-refractivity contribution in [3.63, 3.8) is 0 Å². The number of Topliss-reactive ketones (excluding diaryl/α,β-unsaturated/α-hetero) is 4. The zero-order valence-corrected chi connectivity index (χ0v) is 14.5. The lowest BCUT2D eigenvalue weighted by molar-refractivity contribution is -0.117. The lowest BCUT2D eigenvalue weighted by Gasteiger charge is -2.47. The van der Waals surface area contributed by atoms with Crippen molar-refractivity contribution in [1.29, 1.82) is 0 Å². The van der Waals surface area contributed by atoms with E-state index < -0.39 is 0 Å². The van der Waals surface area contributed by atoms with Crippen LogP contribution in [0.15, 0.2) is 35.5 Å². The highest BCUT2D eigenvalue weighted by atomic mass is 16.1. The number of fused-ring (bicyclic) bond motifs is 8. The fourth-order valence-corrected chi connectivity index (χ4v) is 7.52. The molecule has 0 heterocycles. The smallest absolute Gasteiger partial charge is 0.159 e. The van der Waals surface area contributed by atoms with E-state index in [4.69, 9.17) is 0 Å². The summed E-state index contributed by atoms with van der Waals surface area (Å²) in [7, 11) is 0. The van der Waals surface area contributed by atoms with Crippen molar-refractivity contribution in [1.82, 2.24) is 0 Å². The highest BCUT2D eigenvalue weighted by molar-refractivity contribution is 6.12. The highest BCUT2D eigenvalue weighted by Gasteiger charge is 2.67. The maximum atomic E-state index is 12.9. The van der Waals surface area contributed by atoms with Crippen molar-refractivity contribution in [2.45, 2.75) is 25.7 Å². The second-order valence-electron chi connectivity index (χ2n) is 9.15. The first kappa shape index (κ1) is 15.0. The van der Waals surface area contributed by atoms with Crippen LogP contribution in [0.2, 0.25) is 0 Å². The summed E-state index contributed by atoms with van der Waals surface area (Å²) >= 11 is 0. The highest BCUT2D eigenvalue weighted by Crippen LogP contribution is 2.68. The summed E-state index contributed by atoms with van der Waals surface area (Å²) in [6.45, 7) is 7.90. The van der Waals surface area contributed by atoms with E-state index in [1.807, 2.05) is 0 Å². The van der Waals surface area contributed by atoms with Crippen molar-refractivity contribution in [2.24, 2.45) is 47.3 Å². The van der Waals surface area contributed by atoms with Gasteiger partial charge in [-0.25, -0.2) is 0 Å². The molecule has 6 fully saturated rings. The molecule has 6 rings (SSSR count). The number of carbonyl (C=O) groups is 4. The van der Waals surface area contributed by atoms with Gasteiger partial charge in [0.2, 0.25) is 0 Å². The first-order chi connectivity index (χ1) is 12.4. The largest absolute Gasteiger partial charge is 0.295 e. The van der Waals surface area contributed by atoms with Gasteiger partial charge in [0.1, 0.15) is 0 Å². The third-order valence-electron chi connectivity index (χ3n) is 8.45. The molecule has 0 N–H and O–H groups in total. The van der Waals surface area contributed by atoms with E-state index in [9.17, 15) is 19.2 Å². The summed E-state index contributed by atoms with van der Waals surface area (Å²) in [6.07, 6.45) is 1.83. The average molecular weight is 348 g/mol. The van der Waals surface area contributed by atoms with Crippen molar-refractivity contribution >= 4 is 23.1 Å². The SMILES string of the molecule is C=C1C(=O)CC2C1C1CC(=O)/C(=C3/C(=O)CC4C5C(=C)C(=O)CC5C34)C21. The van der Waals surface area contributed by atoms with Gasteiger partial charge in [-0.1, -0.05) is 13.2 Å². The van der Waals surface area contributed by atoms with Gasteiger partial charge in [-0.2, -0.15) is 0 Å². The maximum Gasteiger partial charge on any atom is 0.159 e. The first-order valence-electron chi connectivity index (χ1n) is 9.64. The third-order valence-corrected chi connectivity index (χ3v) is 8.45. The van der Waals surface area contributed by atoms with Gasteiger partial charge in [0.15, 0.2) is 23.1 Å². The van der Waals surface area contributed by atoms with E-state index in [2.05, 4.69) is 13.2 Å². The summed E-state index contributed by atoms with van der Waals surface area (Å²) in [4.78, 5) is 49.9. The Bertz CT molecular complexity index is 832. The molecule has 8 atom stereocenters. The van der Waals surface area contributed by atoms with Crippen molar-refractivity contribution in [2.75, 3.05) is 0 Å². The Morgan fingerprint density at radius 3 is 1.15 bits per heavy atom. The molecule has 0 bridgehead atoms. The molecule has 6 aliphatic carbocycles. The molecular weight excluding hydrogens is 328 g/mol. The van der Waals surface area contributed by atoms with Crippen LogP contribution >= 0.6 is 0 Å². The van der Waals surface area contributed by atoms with Gasteiger partial charge < -0.3 is 0 Å². The van der Waals surface area contributed by atoms with Gasteiger partial charge in [0, 0.05) is 36.8 Å². The van der Waals surface area contributed by atoms with E-state index in [1.165, 1.54) is 0 Å². The summed E-state index contributed by atoms with van der Waals surface area (Å²) in [5.41, 5.74) is 2.85. The molecule has 0 spiro atoms. The van der Waals surface area contributed by atoms with Gasteiger partial charge in [0.25, 0.3) is 0 Å². The monoisotopic (exact) mass is 348 g/mol. The predicted octanol–water partition coefficient (Wildman–Crippen LogP) is 2.24. The number of hydrogen-bond acceptors (Lipinski definition) is 4. The van der Waals surface area contributed by atoms with Crippen LogP contribution in [0.3, 0.4) is 0 Å². The molecule has 4 nitrogen and oxygen atoms in total. The predicted molar refractivity (Wildman–Crippen MR) is 91.7 cm³/mol. The molecule has 6 saturated carbocycles. The fraction of sp³-hybridized carbons (Fsp3) is 0.545. The maximum absolute atomic E-state index is 12.9. The Morgan fingerprint density at radius 2 is 0.808 bits per heavy atom. The van der Waals surface area contributed by atoms with E-state index in [0.29, 0.717) is 36.8 Å². The van der Waals surface area contributed by atoms with Crippen LogP contribution in [-0.4, -0.2) is 23.1 Å². The minimum atomic E-state index is 0.0627. The third kappa shape index (κ3) is 1.43. The second-order valence-corrected chi connectivity index (χ2v) is 9.15. The molecule has 0 amide bonds. The van der Waals surface area contributed by atoms with E-state index in [1.54, 1.807) is 0 Å². The molecule has 0 aliphatic heterocycles. The lowest BCUT2D eigenvalue weighted by atomic mass is 9.55. The minimum Gasteiger partial charge on any atom is -0.295 e. The molecule has 132 valence electrons. The Balaban J connectivity index is 1.43. The standard InChI is InChI=1S/C22H20O4/c1-7-13(23)3-9-17(7)11-5-15(25)21(19(9)11)22-16(26)6-12-18-8(2)14(24)4-10(18)20(12)22/h9-12,17-20H,1-6H2/b22-21+. The topological polar surface area (TPSA) is 68.3 Å². The first-order valence-corrected chi connectivity index (χ1v) is 9.64. The van der Waals surface area contributed by atoms with Crippen molar-refractivity contribution in [3.8, 4) is 0 Å². The molecule has 0 radical (unpaired) electrons. The van der Waals surface area contributed by atoms with E-state index >= 15 is 0 Å². The molecule has 0 aromatic rings. The van der Waals surface area contributed by atoms with Gasteiger partial charge in [-0.05, 0) is 58.5 Å². The van der Waals surface area contributed by atoms with Crippen LogP contribution in [0.25, 0.3) is 0 Å². The van der Waals surface area contributed by atoms with Gasteiger partial charge >= 0.3 is 0 Å². The molecule has 4 heteroatoms. The summed E-state index contributed by atoms with van der Waals surface area (Å²) in [5, 5.41) is 0. The number of carbonyl (C=O) groups excluding carboxylic acids is 4. The average Bonchev–Trinajstić information content (AvgIpc) is 3.19. The van der Waals surface area contributed by atoms with Crippen LogP contribution in [-0.2, 0) is 19.2 Å². The summed E-state index contributed by atoms with van der Waals surface area (Å²) in [6, 6.07) is 0. The normalized spacial score (nSPS) is 51.2. The molecule has 8 unspecified atom stereocenters. The quantitative estimate of drug-likeness (QED) is 0.630. The summed E-state index contributed by atoms with van der Waals surface area (Å²) < 4.78 is 0. The van der Waals surface area contributed by atoms with Crippen LogP contribution in [0.1, 0.15) is 25.7 Å². The Labute approximate surface area is 151 Å². The number of ketones is 4. The van der Waals surface area contributed by atoms with Gasteiger partial charge in [0.05, 0.1) is 0 Å². The van der Waals surface area contributed by atoms with Crippen LogP contribution < -0.4 is 0 Å². The Kier molecular flexibility index (Phi) is 2.55. The van der Waals surface area contributed by atoms with Crippen molar-refractivity contribution in [3.05, 3.63) is 35.5 Å². The van der Waals surface area contributed by atoms with E-state index in [-0.39, 0.29) is 70.5 Å². The zero-order chi connectivity index (χ0) is 18.1. The molecule has 0 saturated heterocycles. The molecule has 0 aromatic heterocycles. The lowest BCUT2D eigenvalue weighted by Crippen LogP contribution is -2.44. The van der Waals surface area contributed by atoms with Crippen LogP contribution in [0.5, 0.6) is 0 Å². The number of rotatable bonds is 0. The Morgan fingerprint density at radius 1 is 0.500 bits per heavy atom. The van der Waals surface area contributed by atoms with Gasteiger partial charge in [-0.15, -0.1) is 0 Å². The minimum absolute atomic E-state index is 0.0627. The van der Waals surface area contributed by atoms with Crippen molar-refractivity contribution < 1.29 is 19.2 Å². The number of hydrogen-bond donors (Lipinski definition) is 0. The number of allylic oxidation sites excluding steroid dienone is 4. The van der Waals surface area contributed by atoms with Crippen LogP contribution in [0.4, 0.5) is 0 Å². The van der Waals surface area contributed by atoms with E-state index in [0.717, 1.165) is 11.1 Å². The van der Waals surface area contributed by atoms with Crippen LogP contribution in [0, 0.1) is 47.3 Å². The molecule has 26 heavy (non-hydrogen) atoms. The molecule has 6 aliphatic rings. The van der Waals surface area contributed by atoms with Gasteiger partial charge in [-0.3, -0.25) is 19.2 Å². The fourth-order valence-electron chi connectivity index (χ4n) is 7.52. The zero-order valence-electron chi connectivity index (χ0n) is 14.5.